The van der Waals surface area contributed by atoms with Crippen molar-refractivity contribution in [3.05, 3.63) is 52.8 Å². The summed E-state index contributed by atoms with van der Waals surface area (Å²) in [5, 5.41) is 4.05. The molecule has 1 fully saturated rings. The third-order valence-electron chi connectivity index (χ3n) is 4.78. The van der Waals surface area contributed by atoms with Gasteiger partial charge in [0.2, 0.25) is 0 Å². The Morgan fingerprint density at radius 3 is 2.48 bits per heavy atom. The Hall–Kier alpha value is -2.28. The van der Waals surface area contributed by atoms with Gasteiger partial charge in [0, 0.05) is 12.6 Å². The van der Waals surface area contributed by atoms with Crippen LogP contribution in [0, 0.1) is 0 Å². The maximum Gasteiger partial charge on any atom is 0.341 e. The first-order valence-electron chi connectivity index (χ1n) is 9.36. The molecule has 0 bridgehead atoms. The van der Waals surface area contributed by atoms with Crippen LogP contribution in [0.2, 0.25) is 0 Å². The van der Waals surface area contributed by atoms with Crippen molar-refractivity contribution in [2.24, 2.45) is 0 Å². The van der Waals surface area contributed by atoms with Crippen LogP contribution >= 0.6 is 0 Å². The van der Waals surface area contributed by atoms with Crippen molar-refractivity contribution in [1.82, 2.24) is 14.7 Å². The quantitative estimate of drug-likeness (QED) is 0.615. The van der Waals surface area contributed by atoms with Gasteiger partial charge in [0.1, 0.15) is 11.3 Å². The third-order valence-corrected chi connectivity index (χ3v) is 4.78. The van der Waals surface area contributed by atoms with E-state index in [-0.39, 0.29) is 24.5 Å². The van der Waals surface area contributed by atoms with Gasteiger partial charge in [-0.2, -0.15) is 5.10 Å². The number of aryl methyl sites for hydroxylation is 1. The standard InChI is InChI=1S/C20H25F2N3O2/c1-3-14-5-7-15(8-6-14)12-24(16-9-10-16)13-25-18(19(21)22)17(11-23-25)20(26)27-4-2/h5-8,11,16,19H,3-4,9-10,12-13H2,1-2H3. The second-order valence-electron chi connectivity index (χ2n) is 6.75. The number of benzene rings is 1. The van der Waals surface area contributed by atoms with E-state index in [1.807, 2.05) is 0 Å². The number of halogens is 2. The number of ether oxygens (including phenoxy) is 1. The van der Waals surface area contributed by atoms with Crippen LogP contribution < -0.4 is 0 Å². The Labute approximate surface area is 157 Å². The van der Waals surface area contributed by atoms with Crippen molar-refractivity contribution < 1.29 is 18.3 Å². The fraction of sp³-hybridized carbons (Fsp3) is 0.500. The molecule has 1 aromatic carbocycles. The molecule has 0 atom stereocenters. The van der Waals surface area contributed by atoms with E-state index in [0.29, 0.717) is 12.6 Å². The molecule has 0 aliphatic heterocycles. The van der Waals surface area contributed by atoms with Crippen molar-refractivity contribution in [1.29, 1.82) is 0 Å². The first-order valence-corrected chi connectivity index (χ1v) is 9.36. The average molecular weight is 377 g/mol. The minimum Gasteiger partial charge on any atom is -0.462 e. The van der Waals surface area contributed by atoms with E-state index < -0.39 is 12.4 Å². The minimum absolute atomic E-state index is 0.134. The molecule has 1 heterocycles. The predicted octanol–water partition coefficient (Wildman–Crippen LogP) is 4.18. The van der Waals surface area contributed by atoms with Crippen LogP contribution in [0.4, 0.5) is 8.78 Å². The lowest BCUT2D eigenvalue weighted by Crippen LogP contribution is -2.30. The van der Waals surface area contributed by atoms with Gasteiger partial charge in [0.05, 0.1) is 19.5 Å². The smallest absolute Gasteiger partial charge is 0.341 e. The fourth-order valence-electron chi connectivity index (χ4n) is 3.13. The third kappa shape index (κ3) is 4.71. The predicted molar refractivity (Wildman–Crippen MR) is 97.5 cm³/mol. The number of alkyl halides is 2. The molecule has 1 aliphatic carbocycles. The van der Waals surface area contributed by atoms with E-state index in [4.69, 9.17) is 4.74 Å². The fourth-order valence-corrected chi connectivity index (χ4v) is 3.13. The summed E-state index contributed by atoms with van der Waals surface area (Å²) in [4.78, 5) is 14.1. The van der Waals surface area contributed by atoms with Gasteiger partial charge in [0.25, 0.3) is 6.43 Å². The van der Waals surface area contributed by atoms with Gasteiger partial charge in [-0.05, 0) is 37.3 Å². The monoisotopic (exact) mass is 377 g/mol. The molecule has 2 aromatic rings. The molecule has 1 aliphatic rings. The summed E-state index contributed by atoms with van der Waals surface area (Å²) in [5.41, 5.74) is 1.87. The lowest BCUT2D eigenvalue weighted by atomic mass is 10.1. The number of carbonyl (C=O) groups excluding carboxylic acids is 1. The van der Waals surface area contributed by atoms with E-state index in [9.17, 15) is 13.6 Å². The largest absolute Gasteiger partial charge is 0.462 e. The summed E-state index contributed by atoms with van der Waals surface area (Å²) in [6.45, 7) is 4.76. The molecule has 27 heavy (non-hydrogen) atoms. The first kappa shape index (κ1) is 19.5. The average Bonchev–Trinajstić information content (AvgIpc) is 3.41. The van der Waals surface area contributed by atoms with Crippen LogP contribution in [0.5, 0.6) is 0 Å². The van der Waals surface area contributed by atoms with Crippen LogP contribution in [0.1, 0.15) is 60.3 Å². The van der Waals surface area contributed by atoms with Crippen molar-refractivity contribution in [2.45, 2.75) is 58.8 Å². The zero-order valence-corrected chi connectivity index (χ0v) is 15.7. The summed E-state index contributed by atoms with van der Waals surface area (Å²) < 4.78 is 33.3. The van der Waals surface area contributed by atoms with Gasteiger partial charge >= 0.3 is 5.97 Å². The van der Waals surface area contributed by atoms with Gasteiger partial charge in [-0.15, -0.1) is 0 Å². The Kier molecular flexibility index (Phi) is 6.21. The lowest BCUT2D eigenvalue weighted by Gasteiger charge is -2.23. The number of rotatable bonds is 9. The van der Waals surface area contributed by atoms with Crippen LogP contribution in [-0.2, 0) is 24.4 Å². The normalized spacial score (nSPS) is 14.1. The van der Waals surface area contributed by atoms with Gasteiger partial charge < -0.3 is 4.74 Å². The molecule has 0 amide bonds. The Balaban J connectivity index is 1.79. The molecule has 0 radical (unpaired) electrons. The van der Waals surface area contributed by atoms with E-state index in [0.717, 1.165) is 24.8 Å². The Morgan fingerprint density at radius 1 is 1.26 bits per heavy atom. The molecule has 0 saturated heterocycles. The molecule has 0 unspecified atom stereocenters. The van der Waals surface area contributed by atoms with E-state index >= 15 is 0 Å². The first-order chi connectivity index (χ1) is 13.0. The second kappa shape index (κ2) is 8.61. The minimum atomic E-state index is -2.79. The summed E-state index contributed by atoms with van der Waals surface area (Å²) in [7, 11) is 0. The number of hydrogen-bond donors (Lipinski definition) is 0. The van der Waals surface area contributed by atoms with Gasteiger partial charge in [-0.25, -0.2) is 18.3 Å². The van der Waals surface area contributed by atoms with Crippen LogP contribution in [0.25, 0.3) is 0 Å². The summed E-state index contributed by atoms with van der Waals surface area (Å²) >= 11 is 0. The SMILES string of the molecule is CCOC(=O)c1cnn(CN(Cc2ccc(CC)cc2)C2CC2)c1C(F)F. The molecule has 1 saturated carbocycles. The molecular weight excluding hydrogens is 352 g/mol. The van der Waals surface area contributed by atoms with E-state index in [1.54, 1.807) is 6.92 Å². The highest BCUT2D eigenvalue weighted by molar-refractivity contribution is 5.90. The molecule has 0 N–H and O–H groups in total. The Morgan fingerprint density at radius 2 is 1.93 bits per heavy atom. The second-order valence-corrected chi connectivity index (χ2v) is 6.75. The maximum absolute atomic E-state index is 13.6. The highest BCUT2D eigenvalue weighted by Gasteiger charge is 2.32. The van der Waals surface area contributed by atoms with Crippen molar-refractivity contribution in [3.63, 3.8) is 0 Å². The van der Waals surface area contributed by atoms with E-state index in [2.05, 4.69) is 41.2 Å². The molecule has 0 spiro atoms. The topological polar surface area (TPSA) is 47.4 Å². The Bertz CT molecular complexity index is 770. The summed E-state index contributed by atoms with van der Waals surface area (Å²) in [6.07, 6.45) is 1.46. The maximum atomic E-state index is 13.6. The zero-order valence-electron chi connectivity index (χ0n) is 15.7. The zero-order chi connectivity index (χ0) is 19.4. The number of hydrogen-bond acceptors (Lipinski definition) is 4. The number of carbonyl (C=O) groups is 1. The highest BCUT2D eigenvalue weighted by atomic mass is 19.3. The van der Waals surface area contributed by atoms with Crippen molar-refractivity contribution >= 4 is 5.97 Å². The molecule has 5 nitrogen and oxygen atoms in total. The van der Waals surface area contributed by atoms with E-state index in [1.165, 1.54) is 16.4 Å². The summed E-state index contributed by atoms with van der Waals surface area (Å²) in [6, 6.07) is 8.71. The number of nitrogens with zero attached hydrogens (tertiary/aromatic N) is 3. The molecular formula is C20H25F2N3O2. The molecule has 7 heteroatoms. The molecule has 3 rings (SSSR count). The van der Waals surface area contributed by atoms with Gasteiger partial charge in [-0.3, -0.25) is 4.90 Å². The van der Waals surface area contributed by atoms with Crippen molar-refractivity contribution in [3.8, 4) is 0 Å². The van der Waals surface area contributed by atoms with Gasteiger partial charge in [0.15, 0.2) is 0 Å². The summed E-state index contributed by atoms with van der Waals surface area (Å²) in [5.74, 6) is -0.757. The van der Waals surface area contributed by atoms with Crippen LogP contribution in [0.3, 0.4) is 0 Å². The van der Waals surface area contributed by atoms with Crippen molar-refractivity contribution in [2.75, 3.05) is 6.61 Å². The lowest BCUT2D eigenvalue weighted by molar-refractivity contribution is 0.0511. The van der Waals surface area contributed by atoms with Crippen LogP contribution in [0.15, 0.2) is 30.5 Å². The number of esters is 1. The highest BCUT2D eigenvalue weighted by Crippen LogP contribution is 2.30. The molecule has 146 valence electrons. The van der Waals surface area contributed by atoms with Crippen LogP contribution in [-0.4, -0.2) is 33.3 Å². The molecule has 1 aromatic heterocycles. The van der Waals surface area contributed by atoms with Gasteiger partial charge in [-0.1, -0.05) is 31.2 Å². The number of aromatic nitrogens is 2.